The molecule has 0 amide bonds. The van der Waals surface area contributed by atoms with Crippen molar-refractivity contribution in [1.29, 1.82) is 0 Å². The molecule has 0 N–H and O–H groups in total. The molecule has 1 saturated carbocycles. The van der Waals surface area contributed by atoms with E-state index >= 15 is 0 Å². The first kappa shape index (κ1) is 12.0. The molecule has 1 aliphatic heterocycles. The van der Waals surface area contributed by atoms with Gasteiger partial charge in [-0.25, -0.2) is 0 Å². The maximum absolute atomic E-state index is 2.76. The van der Waals surface area contributed by atoms with Gasteiger partial charge in [-0.2, -0.15) is 0 Å². The molecular formula is C13H27N. The highest BCUT2D eigenvalue weighted by Gasteiger charge is 2.41. The Labute approximate surface area is 89.9 Å². The summed E-state index contributed by atoms with van der Waals surface area (Å²) in [6.45, 7) is 12.5. The van der Waals surface area contributed by atoms with Crippen molar-refractivity contribution >= 4 is 0 Å². The zero-order valence-electron chi connectivity index (χ0n) is 10.6. The van der Waals surface area contributed by atoms with Crippen LogP contribution in [0.1, 0.15) is 60.3 Å². The molecule has 1 aliphatic carbocycles. The van der Waals surface area contributed by atoms with Crippen LogP contribution < -0.4 is 0 Å². The number of hydrogen-bond acceptors (Lipinski definition) is 1. The number of likely N-dealkylation sites (tertiary alicyclic amines) is 1. The van der Waals surface area contributed by atoms with Gasteiger partial charge in [0.2, 0.25) is 0 Å². The van der Waals surface area contributed by atoms with Crippen molar-refractivity contribution in [3.63, 3.8) is 0 Å². The number of hydrogen-bond donors (Lipinski definition) is 0. The Balaban J connectivity index is 0.000000461. The minimum atomic E-state index is 0.499. The molecule has 1 atom stereocenters. The van der Waals surface area contributed by atoms with Crippen LogP contribution in [0.4, 0.5) is 0 Å². The first-order chi connectivity index (χ1) is 6.59. The minimum absolute atomic E-state index is 0.499. The van der Waals surface area contributed by atoms with Gasteiger partial charge in [0.15, 0.2) is 0 Å². The highest BCUT2D eigenvalue weighted by Crippen LogP contribution is 2.39. The van der Waals surface area contributed by atoms with E-state index in [1.165, 1.54) is 32.2 Å². The third-order valence-corrected chi connectivity index (χ3v) is 3.31. The monoisotopic (exact) mass is 197 g/mol. The predicted octanol–water partition coefficient (Wildman–Crippen LogP) is 3.69. The van der Waals surface area contributed by atoms with Crippen LogP contribution in [-0.2, 0) is 0 Å². The lowest BCUT2D eigenvalue weighted by atomic mass is 9.85. The van der Waals surface area contributed by atoms with E-state index in [4.69, 9.17) is 0 Å². The van der Waals surface area contributed by atoms with Gasteiger partial charge >= 0.3 is 0 Å². The lowest BCUT2D eigenvalue weighted by molar-refractivity contribution is 0.134. The van der Waals surface area contributed by atoms with Gasteiger partial charge in [0.25, 0.3) is 0 Å². The molecule has 14 heavy (non-hydrogen) atoms. The highest BCUT2D eigenvalue weighted by molar-refractivity contribution is 4.96. The molecule has 1 heteroatoms. The summed E-state index contributed by atoms with van der Waals surface area (Å²) < 4.78 is 0. The van der Waals surface area contributed by atoms with Crippen LogP contribution in [0.5, 0.6) is 0 Å². The van der Waals surface area contributed by atoms with E-state index in [1.807, 2.05) is 13.8 Å². The van der Waals surface area contributed by atoms with Crippen LogP contribution in [0, 0.1) is 5.41 Å². The van der Waals surface area contributed by atoms with Crippen molar-refractivity contribution in [3.8, 4) is 0 Å². The fourth-order valence-corrected chi connectivity index (χ4v) is 2.56. The van der Waals surface area contributed by atoms with E-state index < -0.39 is 0 Å². The summed E-state index contributed by atoms with van der Waals surface area (Å²) in [6, 6.07) is 1.83. The second-order valence-corrected chi connectivity index (χ2v) is 5.49. The van der Waals surface area contributed by atoms with Gasteiger partial charge < -0.3 is 0 Å². The molecule has 0 radical (unpaired) electrons. The first-order valence-corrected chi connectivity index (χ1v) is 6.35. The zero-order valence-corrected chi connectivity index (χ0v) is 10.6. The average Bonchev–Trinajstić information content (AvgIpc) is 2.85. The molecule has 84 valence electrons. The summed E-state index contributed by atoms with van der Waals surface area (Å²) >= 11 is 0. The van der Waals surface area contributed by atoms with E-state index in [1.54, 1.807) is 0 Å². The van der Waals surface area contributed by atoms with Gasteiger partial charge in [0.05, 0.1) is 0 Å². The smallest absolute Gasteiger partial charge is 0.0147 e. The molecule has 2 aliphatic rings. The van der Waals surface area contributed by atoms with Crippen LogP contribution in [0.2, 0.25) is 0 Å². The Hall–Kier alpha value is -0.0400. The third kappa shape index (κ3) is 2.73. The maximum atomic E-state index is 2.76. The Bertz CT molecular complexity index is 165. The molecular weight excluding hydrogens is 170 g/mol. The summed E-state index contributed by atoms with van der Waals surface area (Å²) in [7, 11) is 0. The highest BCUT2D eigenvalue weighted by atomic mass is 15.2. The standard InChI is InChI=1S/C11H21N.C2H6/c1-11(2,3)10-5-4-8-12(10)9-6-7-9;1-2/h9-10H,4-8H2,1-3H3;1-2H3. The molecule has 1 unspecified atom stereocenters. The molecule has 0 aromatic rings. The third-order valence-electron chi connectivity index (χ3n) is 3.31. The molecule has 2 fully saturated rings. The van der Waals surface area contributed by atoms with Crippen molar-refractivity contribution in [3.05, 3.63) is 0 Å². The van der Waals surface area contributed by atoms with E-state index in [0.717, 1.165) is 12.1 Å². The van der Waals surface area contributed by atoms with Gasteiger partial charge in [-0.15, -0.1) is 0 Å². The molecule has 0 aromatic heterocycles. The van der Waals surface area contributed by atoms with Crippen LogP contribution >= 0.6 is 0 Å². The van der Waals surface area contributed by atoms with Gasteiger partial charge in [0, 0.05) is 12.1 Å². The van der Waals surface area contributed by atoms with Crippen molar-refractivity contribution in [1.82, 2.24) is 4.90 Å². The van der Waals surface area contributed by atoms with Crippen LogP contribution in [-0.4, -0.2) is 23.5 Å². The molecule has 0 aromatic carbocycles. The van der Waals surface area contributed by atoms with Crippen molar-refractivity contribution in [2.75, 3.05) is 6.54 Å². The molecule has 0 bridgehead atoms. The summed E-state index contributed by atoms with van der Waals surface area (Å²) in [5, 5.41) is 0. The van der Waals surface area contributed by atoms with Gasteiger partial charge in [-0.05, 0) is 37.6 Å². The van der Waals surface area contributed by atoms with Gasteiger partial charge in [-0.1, -0.05) is 34.6 Å². The van der Waals surface area contributed by atoms with E-state index in [0.29, 0.717) is 5.41 Å². The first-order valence-electron chi connectivity index (χ1n) is 6.35. The second-order valence-electron chi connectivity index (χ2n) is 5.49. The Morgan fingerprint density at radius 1 is 1.00 bits per heavy atom. The Kier molecular flexibility index (Phi) is 4.00. The zero-order chi connectivity index (χ0) is 10.8. The Morgan fingerprint density at radius 2 is 1.57 bits per heavy atom. The molecule has 1 nitrogen and oxygen atoms in total. The fourth-order valence-electron chi connectivity index (χ4n) is 2.56. The SMILES string of the molecule is CC.CC(C)(C)C1CCCN1C1CC1. The van der Waals surface area contributed by atoms with E-state index in [2.05, 4.69) is 25.7 Å². The second kappa shape index (κ2) is 4.65. The number of nitrogens with zero attached hydrogens (tertiary/aromatic N) is 1. The van der Waals surface area contributed by atoms with E-state index in [-0.39, 0.29) is 0 Å². The van der Waals surface area contributed by atoms with E-state index in [9.17, 15) is 0 Å². The molecule has 2 rings (SSSR count). The average molecular weight is 197 g/mol. The quantitative estimate of drug-likeness (QED) is 0.620. The summed E-state index contributed by atoms with van der Waals surface area (Å²) in [5.74, 6) is 0. The van der Waals surface area contributed by atoms with Crippen molar-refractivity contribution < 1.29 is 0 Å². The lowest BCUT2D eigenvalue weighted by Gasteiger charge is -2.35. The Morgan fingerprint density at radius 3 is 2.00 bits per heavy atom. The molecule has 1 heterocycles. The van der Waals surface area contributed by atoms with Crippen LogP contribution in [0.3, 0.4) is 0 Å². The van der Waals surface area contributed by atoms with Crippen LogP contribution in [0.15, 0.2) is 0 Å². The van der Waals surface area contributed by atoms with Gasteiger partial charge in [0.1, 0.15) is 0 Å². The van der Waals surface area contributed by atoms with Crippen molar-refractivity contribution in [2.45, 2.75) is 72.4 Å². The fraction of sp³-hybridized carbons (Fsp3) is 1.00. The summed E-state index contributed by atoms with van der Waals surface area (Å²) in [6.07, 6.45) is 5.79. The largest absolute Gasteiger partial charge is 0.297 e. The topological polar surface area (TPSA) is 3.24 Å². The van der Waals surface area contributed by atoms with Crippen molar-refractivity contribution in [2.24, 2.45) is 5.41 Å². The maximum Gasteiger partial charge on any atom is 0.0147 e. The van der Waals surface area contributed by atoms with Gasteiger partial charge in [-0.3, -0.25) is 4.90 Å². The number of rotatable bonds is 1. The van der Waals surface area contributed by atoms with Crippen LogP contribution in [0.25, 0.3) is 0 Å². The molecule has 0 spiro atoms. The normalized spacial score (nSPS) is 28.5. The summed E-state index contributed by atoms with van der Waals surface area (Å²) in [4.78, 5) is 2.76. The molecule has 1 saturated heterocycles. The minimum Gasteiger partial charge on any atom is -0.297 e. The predicted molar refractivity (Wildman–Crippen MR) is 63.6 cm³/mol. The lowest BCUT2D eigenvalue weighted by Crippen LogP contribution is -2.40. The summed E-state index contributed by atoms with van der Waals surface area (Å²) in [5.41, 5.74) is 0.499.